The van der Waals surface area contributed by atoms with Gasteiger partial charge in [-0.15, -0.1) is 0 Å². The van der Waals surface area contributed by atoms with Crippen molar-refractivity contribution in [3.63, 3.8) is 0 Å². The number of hydrogen-bond donors (Lipinski definition) is 1. The first kappa shape index (κ1) is 15.6. The predicted octanol–water partition coefficient (Wildman–Crippen LogP) is 3.26. The topological polar surface area (TPSA) is 59.9 Å². The van der Waals surface area contributed by atoms with E-state index in [9.17, 15) is 4.79 Å². The summed E-state index contributed by atoms with van der Waals surface area (Å²) >= 11 is 3.45. The monoisotopic (exact) mass is 374 g/mol. The highest BCUT2D eigenvalue weighted by atomic mass is 79.9. The van der Waals surface area contributed by atoms with Crippen LogP contribution in [0.5, 0.6) is 11.5 Å². The van der Waals surface area contributed by atoms with Crippen molar-refractivity contribution in [3.8, 4) is 11.5 Å². The zero-order valence-electron chi connectivity index (χ0n) is 12.5. The number of hydrogen-bond acceptors (Lipinski definition) is 4. The fourth-order valence-electron chi connectivity index (χ4n) is 2.21. The average molecular weight is 375 g/mol. The summed E-state index contributed by atoms with van der Waals surface area (Å²) in [5.74, 6) is 1.19. The normalized spacial score (nSPS) is 15.8. The molecule has 2 aromatic carbocycles. The zero-order chi connectivity index (χ0) is 16.2. The smallest absolute Gasteiger partial charge is 0.244 e. The van der Waals surface area contributed by atoms with E-state index in [1.165, 1.54) is 0 Å². The molecule has 0 spiro atoms. The van der Waals surface area contributed by atoms with Crippen molar-refractivity contribution < 1.29 is 14.3 Å². The highest BCUT2D eigenvalue weighted by Crippen LogP contribution is 2.38. The van der Waals surface area contributed by atoms with Crippen molar-refractivity contribution in [2.75, 3.05) is 0 Å². The van der Waals surface area contributed by atoms with E-state index in [2.05, 4.69) is 26.5 Å². The van der Waals surface area contributed by atoms with Crippen LogP contribution in [0, 0.1) is 0 Å². The molecule has 1 heterocycles. The lowest BCUT2D eigenvalue weighted by Gasteiger charge is -2.02. The molecule has 0 radical (unpaired) electrons. The highest BCUT2D eigenvalue weighted by molar-refractivity contribution is 9.10. The Morgan fingerprint density at radius 2 is 1.96 bits per heavy atom. The minimum Gasteiger partial charge on any atom is -0.451 e. The maximum absolute atomic E-state index is 11.8. The maximum Gasteiger partial charge on any atom is 0.244 e. The van der Waals surface area contributed by atoms with Gasteiger partial charge in [-0.1, -0.05) is 30.3 Å². The van der Waals surface area contributed by atoms with Crippen LogP contribution in [-0.2, 0) is 11.2 Å². The number of carbonyl (C=O) groups is 1. The van der Waals surface area contributed by atoms with Crippen LogP contribution in [0.1, 0.15) is 18.1 Å². The number of hydrazone groups is 1. The molecule has 0 aromatic heterocycles. The van der Waals surface area contributed by atoms with Gasteiger partial charge in [0.15, 0.2) is 11.5 Å². The van der Waals surface area contributed by atoms with E-state index in [-0.39, 0.29) is 18.6 Å². The third-order valence-corrected chi connectivity index (χ3v) is 3.94. The molecule has 2 aromatic rings. The number of rotatable bonds is 4. The number of amides is 1. The lowest BCUT2D eigenvalue weighted by Crippen LogP contribution is -2.19. The quantitative estimate of drug-likeness (QED) is 0.659. The molecule has 5 nitrogen and oxygen atoms in total. The van der Waals surface area contributed by atoms with Gasteiger partial charge in [0.2, 0.25) is 12.2 Å². The summed E-state index contributed by atoms with van der Waals surface area (Å²) in [5.41, 5.74) is 4.26. The largest absolute Gasteiger partial charge is 0.451 e. The summed E-state index contributed by atoms with van der Waals surface area (Å²) in [7, 11) is 0. The fraction of sp³-hybridized carbons (Fsp3) is 0.176. The predicted molar refractivity (Wildman–Crippen MR) is 90.7 cm³/mol. The number of fused-ring (bicyclic) bond motifs is 1. The fourth-order valence-corrected chi connectivity index (χ4v) is 2.64. The molecule has 6 heteroatoms. The van der Waals surface area contributed by atoms with Gasteiger partial charge < -0.3 is 9.47 Å². The van der Waals surface area contributed by atoms with E-state index in [1.807, 2.05) is 49.4 Å². The van der Waals surface area contributed by atoms with Gasteiger partial charge in [0.1, 0.15) is 0 Å². The molecule has 0 bridgehead atoms. The first-order valence-corrected chi connectivity index (χ1v) is 7.94. The van der Waals surface area contributed by atoms with E-state index >= 15 is 0 Å². The van der Waals surface area contributed by atoms with Crippen LogP contribution in [0.3, 0.4) is 0 Å². The number of ether oxygens (including phenoxy) is 2. The van der Waals surface area contributed by atoms with Crippen molar-refractivity contribution in [2.24, 2.45) is 5.10 Å². The van der Waals surface area contributed by atoms with Crippen molar-refractivity contribution in [1.82, 2.24) is 5.43 Å². The van der Waals surface area contributed by atoms with Gasteiger partial charge >= 0.3 is 0 Å². The Labute approximate surface area is 142 Å². The second-order valence-electron chi connectivity index (χ2n) is 5.08. The first-order valence-electron chi connectivity index (χ1n) is 7.14. The van der Waals surface area contributed by atoms with Gasteiger partial charge in [-0.05, 0) is 33.6 Å². The molecule has 1 aliphatic rings. The molecule has 1 amide bonds. The Morgan fingerprint density at radius 1 is 1.26 bits per heavy atom. The van der Waals surface area contributed by atoms with Gasteiger partial charge in [0, 0.05) is 17.0 Å². The van der Waals surface area contributed by atoms with E-state index in [1.54, 1.807) is 6.21 Å². The second-order valence-corrected chi connectivity index (χ2v) is 5.93. The lowest BCUT2D eigenvalue weighted by atomic mass is 10.1. The summed E-state index contributed by atoms with van der Waals surface area (Å²) in [6.07, 6.45) is 1.56. The van der Waals surface area contributed by atoms with Crippen LogP contribution in [0.15, 0.2) is 52.0 Å². The standard InChI is InChI=1S/C17H15BrN2O3/c1-11-22-15-8-13(14(18)9-16(15)23-11)10-19-20-17(21)7-12-5-3-2-4-6-12/h2-6,8-11H,7H2,1H3,(H,20,21)/b19-10+. The Balaban J connectivity index is 1.62. The molecule has 1 atom stereocenters. The molecular formula is C17H15BrN2O3. The second kappa shape index (κ2) is 6.83. The summed E-state index contributed by atoms with van der Waals surface area (Å²) < 4.78 is 11.8. The van der Waals surface area contributed by atoms with Crippen molar-refractivity contribution in [1.29, 1.82) is 0 Å². The summed E-state index contributed by atoms with van der Waals surface area (Å²) in [5, 5.41) is 3.99. The molecule has 0 saturated carbocycles. The average Bonchev–Trinajstić information content (AvgIpc) is 2.87. The SMILES string of the molecule is CC1Oc2cc(Br)c(/C=N/NC(=O)Cc3ccccc3)cc2O1. The number of nitrogens with one attached hydrogen (secondary N) is 1. The molecule has 1 unspecified atom stereocenters. The lowest BCUT2D eigenvalue weighted by molar-refractivity contribution is -0.120. The van der Waals surface area contributed by atoms with Crippen LogP contribution < -0.4 is 14.9 Å². The molecule has 0 aliphatic carbocycles. The third-order valence-electron chi connectivity index (χ3n) is 3.25. The molecule has 0 fully saturated rings. The molecule has 23 heavy (non-hydrogen) atoms. The summed E-state index contributed by atoms with van der Waals surface area (Å²) in [6, 6.07) is 13.2. The number of halogens is 1. The van der Waals surface area contributed by atoms with Crippen LogP contribution in [0.2, 0.25) is 0 Å². The van der Waals surface area contributed by atoms with Crippen molar-refractivity contribution in [2.45, 2.75) is 19.6 Å². The van der Waals surface area contributed by atoms with Crippen LogP contribution >= 0.6 is 15.9 Å². The van der Waals surface area contributed by atoms with E-state index in [0.717, 1.165) is 15.6 Å². The van der Waals surface area contributed by atoms with Crippen LogP contribution in [0.25, 0.3) is 0 Å². The Kier molecular flexibility index (Phi) is 4.62. The zero-order valence-corrected chi connectivity index (χ0v) is 14.0. The van der Waals surface area contributed by atoms with Gasteiger partial charge in [-0.25, -0.2) is 5.43 Å². The Morgan fingerprint density at radius 3 is 2.70 bits per heavy atom. The minimum absolute atomic E-state index is 0.169. The van der Waals surface area contributed by atoms with Crippen LogP contribution in [0.4, 0.5) is 0 Å². The molecule has 1 N–H and O–H groups in total. The van der Waals surface area contributed by atoms with Gasteiger partial charge in [0.05, 0.1) is 12.6 Å². The van der Waals surface area contributed by atoms with Gasteiger partial charge in [-0.2, -0.15) is 5.10 Å². The molecule has 3 rings (SSSR count). The summed E-state index contributed by atoms with van der Waals surface area (Å²) in [4.78, 5) is 11.8. The Bertz CT molecular complexity index is 747. The molecule has 118 valence electrons. The van der Waals surface area contributed by atoms with E-state index in [4.69, 9.17) is 9.47 Å². The summed E-state index contributed by atoms with van der Waals surface area (Å²) in [6.45, 7) is 1.82. The number of benzene rings is 2. The number of carbonyl (C=O) groups excluding carboxylic acids is 1. The van der Waals surface area contributed by atoms with Crippen LogP contribution in [-0.4, -0.2) is 18.4 Å². The molecule has 1 aliphatic heterocycles. The van der Waals surface area contributed by atoms with Gasteiger partial charge in [0.25, 0.3) is 0 Å². The Hall–Kier alpha value is -2.34. The van der Waals surface area contributed by atoms with E-state index < -0.39 is 0 Å². The minimum atomic E-state index is -0.297. The van der Waals surface area contributed by atoms with Gasteiger partial charge in [-0.3, -0.25) is 4.79 Å². The highest BCUT2D eigenvalue weighted by Gasteiger charge is 2.21. The maximum atomic E-state index is 11.8. The molecular weight excluding hydrogens is 360 g/mol. The van der Waals surface area contributed by atoms with Crippen molar-refractivity contribution in [3.05, 3.63) is 58.1 Å². The third kappa shape index (κ3) is 3.90. The molecule has 0 saturated heterocycles. The number of nitrogens with zero attached hydrogens (tertiary/aromatic N) is 1. The van der Waals surface area contributed by atoms with E-state index in [0.29, 0.717) is 11.5 Å². The first-order chi connectivity index (χ1) is 11.1. The van der Waals surface area contributed by atoms with Crippen molar-refractivity contribution >= 4 is 28.1 Å².